The number of benzene rings is 2. The molecule has 1 fully saturated rings. The van der Waals surface area contributed by atoms with Gasteiger partial charge in [0.05, 0.1) is 16.5 Å². The number of aryl methyl sites for hydroxylation is 1. The van der Waals surface area contributed by atoms with Crippen molar-refractivity contribution >= 4 is 28.8 Å². The summed E-state index contributed by atoms with van der Waals surface area (Å²) in [6.07, 6.45) is 3.88. The summed E-state index contributed by atoms with van der Waals surface area (Å²) >= 11 is 0. The minimum absolute atomic E-state index is 0.0811. The summed E-state index contributed by atoms with van der Waals surface area (Å²) in [7, 11) is 0. The molecule has 160 valence electrons. The number of ketones is 1. The second kappa shape index (κ2) is 8.43. The SMILES string of the molecule is CCc1ccc(N2C(=O)C(=O)/C(=C(\O)c3cccc([N+](=O)[O-])c3)C2c2ccncc2)cc1. The van der Waals surface area contributed by atoms with Crippen LogP contribution in [0.1, 0.15) is 29.7 Å². The molecule has 32 heavy (non-hydrogen) atoms. The predicted molar refractivity (Wildman–Crippen MR) is 118 cm³/mol. The molecule has 3 aromatic rings. The third-order valence-corrected chi connectivity index (χ3v) is 5.42. The van der Waals surface area contributed by atoms with E-state index in [1.807, 2.05) is 19.1 Å². The molecule has 1 amide bonds. The highest BCUT2D eigenvalue weighted by Crippen LogP contribution is 2.42. The van der Waals surface area contributed by atoms with Crippen LogP contribution in [0.25, 0.3) is 5.76 Å². The van der Waals surface area contributed by atoms with Crippen LogP contribution in [0.15, 0.2) is 78.6 Å². The largest absolute Gasteiger partial charge is 0.507 e. The van der Waals surface area contributed by atoms with Crippen LogP contribution in [0.2, 0.25) is 0 Å². The molecular weight excluding hydrogens is 410 g/mol. The number of nitro groups is 1. The van der Waals surface area contributed by atoms with Crippen molar-refractivity contribution in [1.29, 1.82) is 0 Å². The fourth-order valence-electron chi connectivity index (χ4n) is 3.77. The molecule has 1 atom stereocenters. The van der Waals surface area contributed by atoms with Crippen LogP contribution in [0.5, 0.6) is 0 Å². The van der Waals surface area contributed by atoms with Gasteiger partial charge in [-0.3, -0.25) is 29.6 Å². The highest BCUT2D eigenvalue weighted by atomic mass is 16.6. The number of nitrogens with zero attached hydrogens (tertiary/aromatic N) is 3. The summed E-state index contributed by atoms with van der Waals surface area (Å²) in [6.45, 7) is 2.01. The standard InChI is InChI=1S/C24H19N3O5/c1-2-15-6-8-18(9-7-15)26-21(16-10-12-25-13-11-16)20(23(29)24(26)30)22(28)17-4-3-5-19(14-17)27(31)32/h3-14,21,28H,2H2,1H3/b22-20-. The minimum atomic E-state index is -0.912. The first-order chi connectivity index (χ1) is 15.4. The van der Waals surface area contributed by atoms with Gasteiger partial charge < -0.3 is 5.11 Å². The van der Waals surface area contributed by atoms with E-state index in [0.717, 1.165) is 12.0 Å². The molecule has 0 bridgehead atoms. The summed E-state index contributed by atoms with van der Waals surface area (Å²) < 4.78 is 0. The number of aromatic nitrogens is 1. The number of amides is 1. The first kappa shape index (κ1) is 20.9. The number of aliphatic hydroxyl groups excluding tert-OH is 1. The van der Waals surface area contributed by atoms with Crippen molar-refractivity contribution in [2.75, 3.05) is 4.90 Å². The van der Waals surface area contributed by atoms with Crippen molar-refractivity contribution in [2.24, 2.45) is 0 Å². The van der Waals surface area contributed by atoms with E-state index >= 15 is 0 Å². The van der Waals surface area contributed by atoms with Gasteiger partial charge in [0.1, 0.15) is 5.76 Å². The number of carbonyl (C=O) groups is 2. The summed E-state index contributed by atoms with van der Waals surface area (Å²) in [5, 5.41) is 22.2. The average molecular weight is 429 g/mol. The number of carbonyl (C=O) groups excluding carboxylic acids is 2. The normalized spacial score (nSPS) is 17.5. The van der Waals surface area contributed by atoms with Crippen molar-refractivity contribution in [3.63, 3.8) is 0 Å². The van der Waals surface area contributed by atoms with Gasteiger partial charge >= 0.3 is 0 Å². The number of anilines is 1. The van der Waals surface area contributed by atoms with E-state index in [1.54, 1.807) is 24.3 Å². The highest BCUT2D eigenvalue weighted by molar-refractivity contribution is 6.51. The molecule has 8 nitrogen and oxygen atoms in total. The second-order valence-electron chi connectivity index (χ2n) is 7.28. The molecule has 0 spiro atoms. The van der Waals surface area contributed by atoms with E-state index in [1.165, 1.54) is 41.6 Å². The predicted octanol–water partition coefficient (Wildman–Crippen LogP) is 4.18. The first-order valence-corrected chi connectivity index (χ1v) is 9.97. The van der Waals surface area contributed by atoms with Gasteiger partial charge in [0.2, 0.25) is 0 Å². The zero-order valence-electron chi connectivity index (χ0n) is 17.1. The van der Waals surface area contributed by atoms with Crippen molar-refractivity contribution in [2.45, 2.75) is 19.4 Å². The molecule has 1 saturated heterocycles. The molecule has 4 rings (SSSR count). The highest BCUT2D eigenvalue weighted by Gasteiger charge is 2.47. The van der Waals surface area contributed by atoms with E-state index in [0.29, 0.717) is 11.3 Å². The molecule has 1 aliphatic rings. The average Bonchev–Trinajstić information content (AvgIpc) is 3.09. The van der Waals surface area contributed by atoms with Crippen molar-refractivity contribution in [3.8, 4) is 0 Å². The Morgan fingerprint density at radius 3 is 2.41 bits per heavy atom. The Morgan fingerprint density at radius 2 is 1.78 bits per heavy atom. The fraction of sp³-hybridized carbons (Fsp3) is 0.125. The lowest BCUT2D eigenvalue weighted by molar-refractivity contribution is -0.384. The zero-order chi connectivity index (χ0) is 22.8. The van der Waals surface area contributed by atoms with Crippen molar-refractivity contribution < 1.29 is 19.6 Å². The number of aliphatic hydroxyl groups is 1. The van der Waals surface area contributed by atoms with Gasteiger partial charge in [-0.25, -0.2) is 0 Å². The van der Waals surface area contributed by atoms with E-state index in [2.05, 4.69) is 4.98 Å². The number of pyridine rings is 1. The minimum Gasteiger partial charge on any atom is -0.507 e. The van der Waals surface area contributed by atoms with E-state index in [4.69, 9.17) is 0 Å². The Balaban J connectivity index is 1.91. The van der Waals surface area contributed by atoms with Crippen LogP contribution in [-0.2, 0) is 16.0 Å². The smallest absolute Gasteiger partial charge is 0.300 e. The Kier molecular flexibility index (Phi) is 5.51. The summed E-state index contributed by atoms with van der Waals surface area (Å²) in [5.74, 6) is -2.13. The first-order valence-electron chi connectivity index (χ1n) is 9.97. The van der Waals surface area contributed by atoms with Gasteiger partial charge in [-0.2, -0.15) is 0 Å². The lowest BCUT2D eigenvalue weighted by atomic mass is 9.95. The van der Waals surface area contributed by atoms with Crippen LogP contribution in [0, 0.1) is 10.1 Å². The number of Topliss-reactive ketones (excluding diaryl/α,β-unsaturated/α-hetero) is 1. The van der Waals surface area contributed by atoms with Crippen LogP contribution >= 0.6 is 0 Å². The van der Waals surface area contributed by atoms with Gasteiger partial charge in [0.25, 0.3) is 17.4 Å². The lowest BCUT2D eigenvalue weighted by Crippen LogP contribution is -2.29. The van der Waals surface area contributed by atoms with Gasteiger partial charge in [-0.1, -0.05) is 31.2 Å². The molecule has 2 aromatic carbocycles. The Labute approximate surface area is 183 Å². The summed E-state index contributed by atoms with van der Waals surface area (Å²) in [5.41, 5.74) is 1.86. The number of hydrogen-bond acceptors (Lipinski definition) is 6. The number of hydrogen-bond donors (Lipinski definition) is 1. The number of nitro benzene ring substituents is 1. The number of rotatable bonds is 5. The molecular formula is C24H19N3O5. The van der Waals surface area contributed by atoms with Crippen LogP contribution in [0.4, 0.5) is 11.4 Å². The fourth-order valence-corrected chi connectivity index (χ4v) is 3.77. The van der Waals surface area contributed by atoms with Crippen LogP contribution in [0.3, 0.4) is 0 Å². The van der Waals surface area contributed by atoms with Gasteiger partial charge in [-0.15, -0.1) is 0 Å². The molecule has 0 aliphatic carbocycles. The Morgan fingerprint density at radius 1 is 1.09 bits per heavy atom. The molecule has 0 radical (unpaired) electrons. The summed E-state index contributed by atoms with van der Waals surface area (Å²) in [6, 6.07) is 15.0. The zero-order valence-corrected chi connectivity index (χ0v) is 17.1. The van der Waals surface area contributed by atoms with Crippen molar-refractivity contribution in [3.05, 3.63) is 105 Å². The van der Waals surface area contributed by atoms with E-state index in [9.17, 15) is 24.8 Å². The topological polar surface area (TPSA) is 114 Å². The maximum Gasteiger partial charge on any atom is 0.300 e. The molecule has 2 heterocycles. The summed E-state index contributed by atoms with van der Waals surface area (Å²) in [4.78, 5) is 42.0. The molecule has 0 saturated carbocycles. The monoisotopic (exact) mass is 429 g/mol. The molecule has 1 unspecified atom stereocenters. The maximum atomic E-state index is 13.1. The molecule has 1 N–H and O–H groups in total. The third-order valence-electron chi connectivity index (χ3n) is 5.42. The van der Waals surface area contributed by atoms with Crippen LogP contribution in [-0.4, -0.2) is 26.7 Å². The maximum absolute atomic E-state index is 13.1. The lowest BCUT2D eigenvalue weighted by Gasteiger charge is -2.25. The Bertz CT molecular complexity index is 1240. The van der Waals surface area contributed by atoms with Crippen LogP contribution < -0.4 is 4.90 Å². The van der Waals surface area contributed by atoms with E-state index in [-0.39, 0.29) is 16.8 Å². The quantitative estimate of drug-likeness (QED) is 0.214. The third kappa shape index (κ3) is 3.62. The number of non-ortho nitro benzene ring substituents is 1. The molecule has 8 heteroatoms. The second-order valence-corrected chi connectivity index (χ2v) is 7.28. The van der Waals surface area contributed by atoms with Gasteiger partial charge in [-0.05, 0) is 41.8 Å². The van der Waals surface area contributed by atoms with E-state index < -0.39 is 28.4 Å². The van der Waals surface area contributed by atoms with Gasteiger partial charge in [0.15, 0.2) is 0 Å². The molecule has 1 aromatic heterocycles. The molecule has 1 aliphatic heterocycles. The van der Waals surface area contributed by atoms with Crippen molar-refractivity contribution in [1.82, 2.24) is 4.98 Å². The van der Waals surface area contributed by atoms with Gasteiger partial charge in [0, 0.05) is 35.8 Å². The Hall–Kier alpha value is -4.33.